The Kier molecular flexibility index (Phi) is 8.01. The highest BCUT2D eigenvalue weighted by Crippen LogP contribution is 2.30. The molecule has 4 rings (SSSR count). The number of carbonyl (C=O) groups is 1. The third kappa shape index (κ3) is 5.81. The number of aromatic nitrogens is 3. The Morgan fingerprint density at radius 2 is 1.91 bits per heavy atom. The van der Waals surface area contributed by atoms with Crippen LogP contribution in [0, 0.1) is 19.8 Å². The van der Waals surface area contributed by atoms with Gasteiger partial charge >= 0.3 is 0 Å². The normalized spacial score (nSPS) is 19.1. The standard InChI is InChI=1S/C29H39N5O/c1-6-8-9-26-11-10-25(24-12-15-32(14-7-2)16-13-24)20-33(26)29(35)17-21(3)27-18-28-23(5)30-22(4)19-34(28)31-27/h9-11,17-20,24H,6-8,12-16H2,1-5H3. The second-order valence-electron chi connectivity index (χ2n) is 9.86. The van der Waals surface area contributed by atoms with Crippen molar-refractivity contribution in [3.8, 4) is 0 Å². The Morgan fingerprint density at radius 1 is 1.14 bits per heavy atom. The van der Waals surface area contributed by atoms with Gasteiger partial charge in [0, 0.05) is 18.0 Å². The molecule has 0 bridgehead atoms. The zero-order chi connectivity index (χ0) is 24.9. The number of nitrogens with zero attached hydrogens (tertiary/aromatic N) is 5. The minimum absolute atomic E-state index is 0.0294. The van der Waals surface area contributed by atoms with Crippen LogP contribution in [0.15, 0.2) is 54.0 Å². The summed E-state index contributed by atoms with van der Waals surface area (Å²) in [6.07, 6.45) is 17.7. The van der Waals surface area contributed by atoms with Crippen LogP contribution in [0.3, 0.4) is 0 Å². The summed E-state index contributed by atoms with van der Waals surface area (Å²) >= 11 is 0. The average Bonchev–Trinajstić information content (AvgIpc) is 3.28. The first-order valence-corrected chi connectivity index (χ1v) is 13.1. The van der Waals surface area contributed by atoms with E-state index in [1.165, 1.54) is 18.5 Å². The molecule has 1 amide bonds. The van der Waals surface area contributed by atoms with Crippen molar-refractivity contribution in [1.29, 1.82) is 0 Å². The molecule has 0 N–H and O–H groups in total. The fourth-order valence-corrected chi connectivity index (χ4v) is 5.04. The van der Waals surface area contributed by atoms with Gasteiger partial charge in [-0.1, -0.05) is 32.4 Å². The molecule has 0 unspecified atom stereocenters. The van der Waals surface area contributed by atoms with Gasteiger partial charge in [-0.2, -0.15) is 5.10 Å². The summed E-state index contributed by atoms with van der Waals surface area (Å²) in [5.41, 5.74) is 6.69. The molecule has 6 nitrogen and oxygen atoms in total. The third-order valence-electron chi connectivity index (χ3n) is 6.98. The van der Waals surface area contributed by atoms with Crippen LogP contribution in [-0.4, -0.2) is 49.9 Å². The van der Waals surface area contributed by atoms with Gasteiger partial charge in [0.15, 0.2) is 0 Å². The molecule has 4 heterocycles. The van der Waals surface area contributed by atoms with Crippen LogP contribution < -0.4 is 0 Å². The van der Waals surface area contributed by atoms with Gasteiger partial charge in [-0.3, -0.25) is 14.7 Å². The molecule has 0 saturated carbocycles. The quantitative estimate of drug-likeness (QED) is 0.474. The van der Waals surface area contributed by atoms with Gasteiger partial charge in [-0.15, -0.1) is 0 Å². The molecule has 0 atom stereocenters. The summed E-state index contributed by atoms with van der Waals surface area (Å²) in [7, 11) is 0. The summed E-state index contributed by atoms with van der Waals surface area (Å²) in [4.78, 5) is 22.5. The highest BCUT2D eigenvalue weighted by Gasteiger charge is 2.25. The van der Waals surface area contributed by atoms with Crippen molar-refractivity contribution in [1.82, 2.24) is 24.4 Å². The van der Waals surface area contributed by atoms with Gasteiger partial charge < -0.3 is 4.90 Å². The highest BCUT2D eigenvalue weighted by molar-refractivity contribution is 5.97. The highest BCUT2D eigenvalue weighted by atomic mass is 16.2. The summed E-state index contributed by atoms with van der Waals surface area (Å²) in [6.45, 7) is 13.8. The number of unbranched alkanes of at least 4 members (excludes halogenated alkanes) is 1. The van der Waals surface area contributed by atoms with Crippen molar-refractivity contribution in [3.05, 3.63) is 71.1 Å². The largest absolute Gasteiger partial charge is 0.303 e. The number of amides is 1. The lowest BCUT2D eigenvalue weighted by Gasteiger charge is -2.34. The Balaban J connectivity index is 1.58. The summed E-state index contributed by atoms with van der Waals surface area (Å²) in [5.74, 6) is 0.475. The van der Waals surface area contributed by atoms with E-state index in [0.29, 0.717) is 5.92 Å². The van der Waals surface area contributed by atoms with E-state index in [0.717, 1.165) is 72.6 Å². The van der Waals surface area contributed by atoms with Crippen molar-refractivity contribution in [2.24, 2.45) is 5.92 Å². The zero-order valence-corrected chi connectivity index (χ0v) is 21.9. The number of hydrogen-bond donors (Lipinski definition) is 0. The molecule has 35 heavy (non-hydrogen) atoms. The van der Waals surface area contributed by atoms with Gasteiger partial charge in [-0.25, -0.2) is 4.52 Å². The number of rotatable bonds is 7. The number of hydrogen-bond acceptors (Lipinski definition) is 4. The van der Waals surface area contributed by atoms with Gasteiger partial charge in [0.25, 0.3) is 5.91 Å². The summed E-state index contributed by atoms with van der Waals surface area (Å²) in [5, 5.41) is 4.70. The number of likely N-dealkylation sites (tertiary alicyclic amines) is 1. The van der Waals surface area contributed by atoms with E-state index < -0.39 is 0 Å². The van der Waals surface area contributed by atoms with E-state index in [-0.39, 0.29) is 5.91 Å². The van der Waals surface area contributed by atoms with Crippen LogP contribution in [0.4, 0.5) is 0 Å². The molecule has 0 radical (unpaired) electrons. The van der Waals surface area contributed by atoms with Crippen LogP contribution >= 0.6 is 0 Å². The van der Waals surface area contributed by atoms with Gasteiger partial charge in [0.05, 0.1) is 28.8 Å². The monoisotopic (exact) mass is 473 g/mol. The fraction of sp³-hybridized carbons (Fsp3) is 0.483. The number of fused-ring (bicyclic) bond motifs is 1. The second-order valence-corrected chi connectivity index (χ2v) is 9.86. The molecular weight excluding hydrogens is 434 g/mol. The average molecular weight is 474 g/mol. The maximum absolute atomic E-state index is 13.5. The number of allylic oxidation sites excluding steroid dienone is 5. The molecular formula is C29H39N5O. The van der Waals surface area contributed by atoms with Gasteiger partial charge in [0.1, 0.15) is 0 Å². The summed E-state index contributed by atoms with van der Waals surface area (Å²) < 4.78 is 1.86. The molecule has 1 fully saturated rings. The van der Waals surface area contributed by atoms with Crippen molar-refractivity contribution in [2.75, 3.05) is 19.6 Å². The molecule has 2 aliphatic rings. The Hall–Kier alpha value is -2.99. The number of piperidine rings is 1. The van der Waals surface area contributed by atoms with E-state index in [9.17, 15) is 4.79 Å². The Bertz CT molecular complexity index is 1190. The van der Waals surface area contributed by atoms with Crippen molar-refractivity contribution < 1.29 is 4.79 Å². The van der Waals surface area contributed by atoms with Crippen LogP contribution in [0.1, 0.15) is 70.0 Å². The smallest absolute Gasteiger partial charge is 0.255 e. The summed E-state index contributed by atoms with van der Waals surface area (Å²) in [6, 6.07) is 2.01. The van der Waals surface area contributed by atoms with Crippen LogP contribution in [0.5, 0.6) is 0 Å². The molecule has 2 aromatic rings. The number of carbonyl (C=O) groups excluding carboxylic acids is 1. The van der Waals surface area contributed by atoms with Gasteiger partial charge in [0.2, 0.25) is 0 Å². The minimum atomic E-state index is -0.0294. The molecule has 0 aromatic carbocycles. The van der Waals surface area contributed by atoms with E-state index in [4.69, 9.17) is 5.10 Å². The van der Waals surface area contributed by atoms with Gasteiger partial charge in [-0.05, 0) is 95.3 Å². The van der Waals surface area contributed by atoms with Crippen LogP contribution in [0.25, 0.3) is 11.1 Å². The first kappa shape index (κ1) is 25.1. The van der Waals surface area contributed by atoms with Crippen molar-refractivity contribution in [2.45, 2.75) is 66.7 Å². The SMILES string of the molecule is CCCC=C1C=CC(C2CCN(CCC)CC2)=CN1C(=O)C=C(C)c1cc2c(C)nc(C)cn2n1. The van der Waals surface area contributed by atoms with E-state index >= 15 is 0 Å². The number of aryl methyl sites for hydroxylation is 2. The molecule has 0 spiro atoms. The van der Waals surface area contributed by atoms with Crippen LogP contribution in [-0.2, 0) is 4.79 Å². The molecule has 2 aromatic heterocycles. The molecule has 2 aliphatic heterocycles. The van der Waals surface area contributed by atoms with E-state index in [1.54, 1.807) is 6.08 Å². The molecule has 6 heteroatoms. The van der Waals surface area contributed by atoms with Crippen molar-refractivity contribution in [3.63, 3.8) is 0 Å². The molecule has 0 aliphatic carbocycles. The zero-order valence-electron chi connectivity index (χ0n) is 21.9. The lowest BCUT2D eigenvalue weighted by molar-refractivity contribution is -0.122. The first-order valence-electron chi connectivity index (χ1n) is 13.1. The maximum Gasteiger partial charge on any atom is 0.255 e. The van der Waals surface area contributed by atoms with E-state index in [1.807, 2.05) is 42.4 Å². The molecule has 186 valence electrons. The van der Waals surface area contributed by atoms with Crippen LogP contribution in [0.2, 0.25) is 0 Å². The lowest BCUT2D eigenvalue weighted by atomic mass is 9.88. The predicted octanol–water partition coefficient (Wildman–Crippen LogP) is 5.84. The molecule has 1 saturated heterocycles. The Morgan fingerprint density at radius 3 is 2.63 bits per heavy atom. The fourth-order valence-electron chi connectivity index (χ4n) is 5.04. The minimum Gasteiger partial charge on any atom is -0.303 e. The van der Waals surface area contributed by atoms with E-state index in [2.05, 4.69) is 48.2 Å². The predicted molar refractivity (Wildman–Crippen MR) is 143 cm³/mol. The lowest BCUT2D eigenvalue weighted by Crippen LogP contribution is -2.35. The maximum atomic E-state index is 13.5. The topological polar surface area (TPSA) is 53.7 Å². The van der Waals surface area contributed by atoms with Crippen molar-refractivity contribution >= 4 is 17.0 Å². The second kappa shape index (κ2) is 11.2. The Labute approximate surface area is 209 Å². The third-order valence-corrected chi connectivity index (χ3v) is 6.98. The first-order chi connectivity index (χ1) is 16.9.